The zero-order valence-corrected chi connectivity index (χ0v) is 11.6. The van der Waals surface area contributed by atoms with Crippen molar-refractivity contribution in [3.63, 3.8) is 0 Å². The normalized spacial score (nSPS) is 10.7. The molecule has 114 valence electrons. The number of nitrogens with one attached hydrogen (secondary N) is 2. The minimum atomic E-state index is -4.48. The van der Waals surface area contributed by atoms with Crippen LogP contribution >= 0.6 is 0 Å². The van der Waals surface area contributed by atoms with Gasteiger partial charge in [-0.3, -0.25) is 0 Å². The van der Waals surface area contributed by atoms with Crippen LogP contribution in [0.15, 0.2) is 18.2 Å². The molecule has 1 aromatic rings. The molecule has 0 heterocycles. The maximum Gasteiger partial charge on any atom is 0.416 e. The van der Waals surface area contributed by atoms with E-state index in [2.05, 4.69) is 10.6 Å². The number of carbonyl (C=O) groups is 1. The third kappa shape index (κ3) is 4.87. The van der Waals surface area contributed by atoms with Gasteiger partial charge in [-0.05, 0) is 18.2 Å². The molecule has 0 saturated carbocycles. The Kier molecular flexibility index (Phi) is 5.41. The molecule has 0 saturated heterocycles. The summed E-state index contributed by atoms with van der Waals surface area (Å²) < 4.78 is 37.6. The minimum absolute atomic E-state index is 0.0937. The Balaban J connectivity index is 2.64. The van der Waals surface area contributed by atoms with E-state index in [-0.39, 0.29) is 18.1 Å². The molecule has 0 spiro atoms. The standard InChI is InChI=1S/C13H15F3N4O/c1-20(2)12(21)19-6-5-18-11-4-3-10(13(14,15)16)7-9(11)8-17/h3-4,7,18H,5-6H2,1-2H3,(H,19,21). The predicted molar refractivity (Wildman–Crippen MR) is 71.7 cm³/mol. The fraction of sp³-hybridized carbons (Fsp3) is 0.385. The van der Waals surface area contributed by atoms with Gasteiger partial charge in [-0.25, -0.2) is 4.79 Å². The fourth-order valence-corrected chi connectivity index (χ4v) is 1.49. The molecule has 0 fully saturated rings. The number of benzene rings is 1. The molecule has 5 nitrogen and oxygen atoms in total. The number of amides is 2. The summed E-state index contributed by atoms with van der Waals surface area (Å²) in [5.74, 6) is 0. The van der Waals surface area contributed by atoms with Crippen molar-refractivity contribution < 1.29 is 18.0 Å². The molecule has 0 bridgehead atoms. The summed E-state index contributed by atoms with van der Waals surface area (Å²) in [7, 11) is 3.18. The maximum atomic E-state index is 12.5. The molecule has 0 atom stereocenters. The van der Waals surface area contributed by atoms with Gasteiger partial charge in [0.05, 0.1) is 16.8 Å². The Labute approximate surface area is 120 Å². The highest BCUT2D eigenvalue weighted by Gasteiger charge is 2.31. The number of nitriles is 1. The zero-order chi connectivity index (χ0) is 16.0. The Bertz CT molecular complexity index is 549. The van der Waals surface area contributed by atoms with Gasteiger partial charge in [0.15, 0.2) is 0 Å². The number of hydrogen-bond donors (Lipinski definition) is 2. The average Bonchev–Trinajstić information content (AvgIpc) is 2.42. The summed E-state index contributed by atoms with van der Waals surface area (Å²) in [5.41, 5.74) is -0.668. The Morgan fingerprint density at radius 3 is 2.52 bits per heavy atom. The molecule has 21 heavy (non-hydrogen) atoms. The predicted octanol–water partition coefficient (Wildman–Crippen LogP) is 2.26. The van der Waals surface area contributed by atoms with E-state index in [0.717, 1.165) is 12.1 Å². The molecular weight excluding hydrogens is 285 g/mol. The molecule has 0 aromatic heterocycles. The lowest BCUT2D eigenvalue weighted by atomic mass is 10.1. The van der Waals surface area contributed by atoms with Crippen LogP contribution in [0.2, 0.25) is 0 Å². The van der Waals surface area contributed by atoms with Crippen molar-refractivity contribution in [1.29, 1.82) is 5.26 Å². The Morgan fingerprint density at radius 1 is 1.33 bits per heavy atom. The van der Waals surface area contributed by atoms with Gasteiger partial charge in [0.25, 0.3) is 0 Å². The van der Waals surface area contributed by atoms with Gasteiger partial charge in [-0.2, -0.15) is 18.4 Å². The van der Waals surface area contributed by atoms with E-state index >= 15 is 0 Å². The maximum absolute atomic E-state index is 12.5. The molecule has 2 amide bonds. The summed E-state index contributed by atoms with van der Waals surface area (Å²) in [5, 5.41) is 14.3. The molecular formula is C13H15F3N4O. The van der Waals surface area contributed by atoms with Gasteiger partial charge in [-0.15, -0.1) is 0 Å². The Hall–Kier alpha value is -2.43. The number of anilines is 1. The molecule has 0 aliphatic rings. The second-order valence-corrected chi connectivity index (χ2v) is 4.42. The largest absolute Gasteiger partial charge is 0.416 e. The molecule has 2 N–H and O–H groups in total. The number of carbonyl (C=O) groups excluding carboxylic acids is 1. The molecule has 0 aliphatic carbocycles. The van der Waals surface area contributed by atoms with Crippen LogP contribution in [0.4, 0.5) is 23.7 Å². The third-order valence-corrected chi connectivity index (χ3v) is 2.59. The second-order valence-electron chi connectivity index (χ2n) is 4.42. The van der Waals surface area contributed by atoms with Gasteiger partial charge >= 0.3 is 12.2 Å². The van der Waals surface area contributed by atoms with Gasteiger partial charge in [0, 0.05) is 27.2 Å². The van der Waals surface area contributed by atoms with Crippen LogP contribution in [0.5, 0.6) is 0 Å². The van der Waals surface area contributed by atoms with E-state index in [4.69, 9.17) is 5.26 Å². The quantitative estimate of drug-likeness (QED) is 0.838. The van der Waals surface area contributed by atoms with Crippen molar-refractivity contribution in [3.8, 4) is 6.07 Å². The van der Waals surface area contributed by atoms with Crippen LogP contribution in [0, 0.1) is 11.3 Å². The van der Waals surface area contributed by atoms with E-state index in [0.29, 0.717) is 12.2 Å². The van der Waals surface area contributed by atoms with E-state index < -0.39 is 11.7 Å². The van der Waals surface area contributed by atoms with Crippen molar-refractivity contribution in [2.45, 2.75) is 6.18 Å². The van der Waals surface area contributed by atoms with Crippen LogP contribution in [-0.2, 0) is 6.18 Å². The van der Waals surface area contributed by atoms with Gasteiger partial charge in [0.2, 0.25) is 0 Å². The first-order chi connectivity index (χ1) is 9.75. The fourth-order valence-electron chi connectivity index (χ4n) is 1.49. The first-order valence-corrected chi connectivity index (χ1v) is 6.06. The number of rotatable bonds is 4. The minimum Gasteiger partial charge on any atom is -0.382 e. The molecule has 1 rings (SSSR count). The summed E-state index contributed by atoms with van der Waals surface area (Å²) >= 11 is 0. The molecule has 0 radical (unpaired) electrons. The van der Waals surface area contributed by atoms with E-state index in [9.17, 15) is 18.0 Å². The van der Waals surface area contributed by atoms with Crippen molar-refractivity contribution in [2.24, 2.45) is 0 Å². The van der Waals surface area contributed by atoms with Gasteiger partial charge in [-0.1, -0.05) is 0 Å². The number of halogens is 3. The number of nitrogens with zero attached hydrogens (tertiary/aromatic N) is 2. The SMILES string of the molecule is CN(C)C(=O)NCCNc1ccc(C(F)(F)F)cc1C#N. The zero-order valence-electron chi connectivity index (χ0n) is 11.6. The van der Waals surface area contributed by atoms with Crippen molar-refractivity contribution in [1.82, 2.24) is 10.2 Å². The lowest BCUT2D eigenvalue weighted by Gasteiger charge is -2.14. The molecule has 0 unspecified atom stereocenters. The Morgan fingerprint density at radius 2 is 2.00 bits per heavy atom. The highest BCUT2D eigenvalue weighted by atomic mass is 19.4. The second kappa shape index (κ2) is 6.83. The topological polar surface area (TPSA) is 68.2 Å². The molecule has 0 aliphatic heterocycles. The molecule has 8 heteroatoms. The highest BCUT2D eigenvalue weighted by Crippen LogP contribution is 2.31. The summed E-state index contributed by atoms with van der Waals surface area (Å²) in [6.45, 7) is 0.572. The van der Waals surface area contributed by atoms with Crippen LogP contribution in [0.25, 0.3) is 0 Å². The monoisotopic (exact) mass is 300 g/mol. The first-order valence-electron chi connectivity index (χ1n) is 6.06. The van der Waals surface area contributed by atoms with Crippen LogP contribution < -0.4 is 10.6 Å². The van der Waals surface area contributed by atoms with Crippen molar-refractivity contribution in [3.05, 3.63) is 29.3 Å². The van der Waals surface area contributed by atoms with Crippen molar-refractivity contribution in [2.75, 3.05) is 32.5 Å². The van der Waals surface area contributed by atoms with E-state index in [1.165, 1.54) is 11.0 Å². The summed E-state index contributed by atoms with van der Waals surface area (Å²) in [4.78, 5) is 12.6. The molecule has 1 aromatic carbocycles. The number of hydrogen-bond acceptors (Lipinski definition) is 3. The average molecular weight is 300 g/mol. The van der Waals surface area contributed by atoms with Crippen LogP contribution in [0.3, 0.4) is 0 Å². The van der Waals surface area contributed by atoms with Crippen molar-refractivity contribution >= 4 is 11.7 Å². The van der Waals surface area contributed by atoms with Crippen LogP contribution in [-0.4, -0.2) is 38.1 Å². The smallest absolute Gasteiger partial charge is 0.382 e. The lowest BCUT2D eigenvalue weighted by molar-refractivity contribution is -0.137. The van der Waals surface area contributed by atoms with E-state index in [1.54, 1.807) is 20.2 Å². The lowest BCUT2D eigenvalue weighted by Crippen LogP contribution is -2.37. The third-order valence-electron chi connectivity index (χ3n) is 2.59. The summed E-state index contributed by atoms with van der Waals surface area (Å²) in [6.07, 6.45) is -4.48. The summed E-state index contributed by atoms with van der Waals surface area (Å²) in [6, 6.07) is 4.34. The van der Waals surface area contributed by atoms with Gasteiger partial charge in [0.1, 0.15) is 6.07 Å². The number of urea groups is 1. The van der Waals surface area contributed by atoms with Crippen LogP contribution in [0.1, 0.15) is 11.1 Å². The first kappa shape index (κ1) is 16.6. The van der Waals surface area contributed by atoms with E-state index in [1.807, 2.05) is 0 Å². The van der Waals surface area contributed by atoms with Gasteiger partial charge < -0.3 is 15.5 Å². The number of alkyl halides is 3. The highest BCUT2D eigenvalue weighted by molar-refractivity contribution is 5.73.